The third kappa shape index (κ3) is 4.32. The molecule has 0 bridgehead atoms. The van der Waals surface area contributed by atoms with E-state index in [0.717, 1.165) is 5.69 Å². The second-order valence-electron chi connectivity index (χ2n) is 6.84. The molecular weight excluding hydrogens is 350 g/mol. The topological polar surface area (TPSA) is 88.2 Å². The molecule has 8 heteroatoms. The number of carbonyl (C=O) groups is 3. The minimum atomic E-state index is -0.241. The van der Waals surface area contributed by atoms with Gasteiger partial charge >= 0.3 is 12.0 Å². The number of nitrogens with zero attached hydrogens (tertiary/aromatic N) is 2. The second kappa shape index (κ2) is 8.28. The number of esters is 1. The quantitative estimate of drug-likeness (QED) is 0.804. The van der Waals surface area contributed by atoms with Crippen LogP contribution in [0.4, 0.5) is 10.5 Å². The molecule has 1 atom stereocenters. The molecule has 0 radical (unpaired) electrons. The first-order valence-electron chi connectivity index (χ1n) is 9.09. The van der Waals surface area contributed by atoms with Crippen molar-refractivity contribution in [3.63, 3.8) is 0 Å². The fraction of sp³-hybridized carbons (Fsp3) is 0.526. The van der Waals surface area contributed by atoms with Crippen LogP contribution >= 0.6 is 0 Å². The van der Waals surface area contributed by atoms with Crippen molar-refractivity contribution in [1.29, 1.82) is 0 Å². The smallest absolute Gasteiger partial charge is 0.317 e. The van der Waals surface area contributed by atoms with Gasteiger partial charge in [-0.3, -0.25) is 9.59 Å². The Labute approximate surface area is 158 Å². The van der Waals surface area contributed by atoms with E-state index in [-0.39, 0.29) is 36.3 Å². The number of methoxy groups -OCH3 is 2. The molecule has 2 heterocycles. The Bertz CT molecular complexity index is 715. The van der Waals surface area contributed by atoms with Gasteiger partial charge in [0.05, 0.1) is 26.2 Å². The number of likely N-dealkylation sites (tertiary alicyclic amines) is 1. The Balaban J connectivity index is 1.54. The lowest BCUT2D eigenvalue weighted by Gasteiger charge is -2.31. The van der Waals surface area contributed by atoms with Crippen molar-refractivity contribution in [2.24, 2.45) is 5.92 Å². The zero-order chi connectivity index (χ0) is 19.4. The molecule has 3 rings (SSSR count). The zero-order valence-corrected chi connectivity index (χ0v) is 15.6. The van der Waals surface area contributed by atoms with E-state index in [4.69, 9.17) is 9.47 Å². The first-order chi connectivity index (χ1) is 13.0. The van der Waals surface area contributed by atoms with Crippen LogP contribution in [0.3, 0.4) is 0 Å². The molecule has 1 N–H and O–H groups in total. The van der Waals surface area contributed by atoms with Crippen LogP contribution in [0, 0.1) is 5.92 Å². The summed E-state index contributed by atoms with van der Waals surface area (Å²) in [6.45, 7) is 1.44. The summed E-state index contributed by atoms with van der Waals surface area (Å²) in [7, 11) is 2.96. The van der Waals surface area contributed by atoms with Crippen molar-refractivity contribution in [3.05, 3.63) is 24.3 Å². The average Bonchev–Trinajstić information content (AvgIpc) is 3.07. The van der Waals surface area contributed by atoms with Crippen LogP contribution in [0.25, 0.3) is 0 Å². The number of rotatable bonds is 4. The molecule has 0 aromatic heterocycles. The summed E-state index contributed by atoms with van der Waals surface area (Å²) in [6.07, 6.45) is 1.46. The van der Waals surface area contributed by atoms with Gasteiger partial charge in [0, 0.05) is 37.8 Å². The predicted molar refractivity (Wildman–Crippen MR) is 98.6 cm³/mol. The zero-order valence-electron chi connectivity index (χ0n) is 15.6. The number of nitrogens with one attached hydrogen (secondary N) is 1. The first-order valence-corrected chi connectivity index (χ1v) is 9.09. The lowest BCUT2D eigenvalue weighted by molar-refractivity contribution is -0.146. The van der Waals surface area contributed by atoms with E-state index >= 15 is 0 Å². The molecule has 0 unspecified atom stereocenters. The molecule has 0 aliphatic carbocycles. The molecular formula is C19H25N3O5. The van der Waals surface area contributed by atoms with E-state index in [9.17, 15) is 14.4 Å². The van der Waals surface area contributed by atoms with Gasteiger partial charge in [-0.2, -0.15) is 0 Å². The average molecular weight is 375 g/mol. The summed E-state index contributed by atoms with van der Waals surface area (Å²) in [4.78, 5) is 39.8. The molecule has 2 saturated heterocycles. The number of benzene rings is 1. The lowest BCUT2D eigenvalue weighted by atomic mass is 9.97. The number of carbonyl (C=O) groups excluding carboxylic acids is 3. The third-order valence-electron chi connectivity index (χ3n) is 5.13. The lowest BCUT2D eigenvalue weighted by Crippen LogP contribution is -2.49. The fourth-order valence-electron chi connectivity index (χ4n) is 3.58. The molecule has 8 nitrogen and oxygen atoms in total. The van der Waals surface area contributed by atoms with Gasteiger partial charge in [0.25, 0.3) is 0 Å². The Kier molecular flexibility index (Phi) is 5.83. The summed E-state index contributed by atoms with van der Waals surface area (Å²) in [6, 6.07) is 6.88. The van der Waals surface area contributed by atoms with Gasteiger partial charge in [-0.15, -0.1) is 0 Å². The standard InChI is InChI=1S/C19H25N3O5/c1-26-16-5-3-4-15(11-16)22-12-14(10-17(22)23)20-19(25)21-8-6-13(7-9-21)18(24)27-2/h3-5,11,13-14H,6-10,12H2,1-2H3,(H,20,25)/t14-/m0/s1. The summed E-state index contributed by atoms with van der Waals surface area (Å²) in [5.41, 5.74) is 0.759. The largest absolute Gasteiger partial charge is 0.497 e. The third-order valence-corrected chi connectivity index (χ3v) is 5.13. The maximum absolute atomic E-state index is 12.5. The van der Waals surface area contributed by atoms with Gasteiger partial charge in [0.15, 0.2) is 0 Å². The summed E-state index contributed by atoms with van der Waals surface area (Å²) < 4.78 is 9.97. The van der Waals surface area contributed by atoms with Crippen molar-refractivity contribution in [2.75, 3.05) is 38.8 Å². The van der Waals surface area contributed by atoms with Gasteiger partial charge < -0.3 is 24.6 Å². The van der Waals surface area contributed by atoms with Crippen molar-refractivity contribution in [2.45, 2.75) is 25.3 Å². The molecule has 146 valence electrons. The predicted octanol–water partition coefficient (Wildman–Crippen LogP) is 1.40. The van der Waals surface area contributed by atoms with Crippen molar-refractivity contribution in [1.82, 2.24) is 10.2 Å². The van der Waals surface area contributed by atoms with Gasteiger partial charge in [-0.25, -0.2) is 4.79 Å². The normalized spacial score (nSPS) is 20.5. The number of hydrogen-bond donors (Lipinski definition) is 1. The fourth-order valence-corrected chi connectivity index (χ4v) is 3.58. The minimum absolute atomic E-state index is 0.0297. The van der Waals surface area contributed by atoms with Crippen LogP contribution < -0.4 is 15.0 Å². The van der Waals surface area contributed by atoms with Crippen LogP contribution in [0.15, 0.2) is 24.3 Å². The second-order valence-corrected chi connectivity index (χ2v) is 6.84. The summed E-state index contributed by atoms with van der Waals surface area (Å²) in [5.74, 6) is 0.292. The van der Waals surface area contributed by atoms with E-state index in [1.165, 1.54) is 7.11 Å². The van der Waals surface area contributed by atoms with Gasteiger partial charge in [-0.1, -0.05) is 6.07 Å². The van der Waals surface area contributed by atoms with E-state index in [0.29, 0.717) is 38.2 Å². The van der Waals surface area contributed by atoms with Gasteiger partial charge in [0.2, 0.25) is 5.91 Å². The van der Waals surface area contributed by atoms with Gasteiger partial charge in [-0.05, 0) is 25.0 Å². The summed E-state index contributed by atoms with van der Waals surface area (Å²) >= 11 is 0. The van der Waals surface area contributed by atoms with E-state index in [1.807, 2.05) is 18.2 Å². The molecule has 1 aromatic carbocycles. The maximum Gasteiger partial charge on any atom is 0.317 e. The van der Waals surface area contributed by atoms with Crippen LogP contribution in [-0.2, 0) is 14.3 Å². The highest BCUT2D eigenvalue weighted by molar-refractivity contribution is 5.97. The van der Waals surface area contributed by atoms with Crippen LogP contribution in [0.1, 0.15) is 19.3 Å². The van der Waals surface area contributed by atoms with E-state index < -0.39 is 0 Å². The molecule has 2 aliphatic heterocycles. The highest BCUT2D eigenvalue weighted by atomic mass is 16.5. The number of amides is 3. The number of anilines is 1. The van der Waals surface area contributed by atoms with Crippen LogP contribution in [0.5, 0.6) is 5.75 Å². The number of piperidine rings is 1. The SMILES string of the molecule is COC(=O)C1CCN(C(=O)N[C@H]2CC(=O)N(c3cccc(OC)c3)C2)CC1. The minimum Gasteiger partial charge on any atom is -0.497 e. The Hall–Kier alpha value is -2.77. The van der Waals surface area contributed by atoms with Crippen molar-refractivity contribution < 1.29 is 23.9 Å². The van der Waals surface area contributed by atoms with Crippen LogP contribution in [0.2, 0.25) is 0 Å². The molecule has 2 fully saturated rings. The monoisotopic (exact) mass is 375 g/mol. The Morgan fingerprint density at radius 1 is 1.19 bits per heavy atom. The number of urea groups is 1. The molecule has 3 amide bonds. The Morgan fingerprint density at radius 2 is 1.93 bits per heavy atom. The van der Waals surface area contributed by atoms with Crippen LogP contribution in [-0.4, -0.2) is 62.7 Å². The molecule has 1 aromatic rings. The van der Waals surface area contributed by atoms with E-state index in [2.05, 4.69) is 5.32 Å². The number of ether oxygens (including phenoxy) is 2. The Morgan fingerprint density at radius 3 is 2.59 bits per heavy atom. The first kappa shape index (κ1) is 19.0. The molecule has 0 spiro atoms. The van der Waals surface area contributed by atoms with Crippen molar-refractivity contribution >= 4 is 23.6 Å². The van der Waals surface area contributed by atoms with Crippen molar-refractivity contribution in [3.8, 4) is 5.75 Å². The molecule has 27 heavy (non-hydrogen) atoms. The molecule has 2 aliphatic rings. The maximum atomic E-state index is 12.5. The summed E-state index contributed by atoms with van der Waals surface area (Å²) in [5, 5.41) is 2.94. The number of hydrogen-bond acceptors (Lipinski definition) is 5. The highest BCUT2D eigenvalue weighted by Gasteiger charge is 2.34. The molecule has 0 saturated carbocycles. The van der Waals surface area contributed by atoms with E-state index in [1.54, 1.807) is 23.0 Å². The highest BCUT2D eigenvalue weighted by Crippen LogP contribution is 2.26. The van der Waals surface area contributed by atoms with Gasteiger partial charge in [0.1, 0.15) is 5.75 Å².